The van der Waals surface area contributed by atoms with E-state index in [4.69, 9.17) is 4.74 Å². The maximum atomic E-state index is 12.1. The topological polar surface area (TPSA) is 72.8 Å². The summed E-state index contributed by atoms with van der Waals surface area (Å²) in [5.41, 5.74) is 4.79. The van der Waals surface area contributed by atoms with Gasteiger partial charge in [-0.3, -0.25) is 9.48 Å². The molecule has 2 aromatic carbocycles. The number of hydrogen-bond acceptors (Lipinski definition) is 4. The van der Waals surface area contributed by atoms with Crippen molar-refractivity contribution in [2.45, 2.75) is 20.3 Å². The molecule has 1 N–H and O–H groups in total. The SMILES string of the molecule is CCOc1ccc(-c2c(-c3ccc4c(=O)[nH]nc(CC)c4c3)cnn2C)cc1. The van der Waals surface area contributed by atoms with Crippen molar-refractivity contribution in [1.82, 2.24) is 20.0 Å². The second-order valence-corrected chi connectivity index (χ2v) is 6.60. The van der Waals surface area contributed by atoms with Gasteiger partial charge in [-0.15, -0.1) is 0 Å². The first-order valence-corrected chi connectivity index (χ1v) is 9.39. The van der Waals surface area contributed by atoms with E-state index in [9.17, 15) is 4.79 Å². The van der Waals surface area contributed by atoms with E-state index in [1.54, 1.807) is 0 Å². The molecule has 142 valence electrons. The summed E-state index contributed by atoms with van der Waals surface area (Å²) in [6, 6.07) is 13.9. The highest BCUT2D eigenvalue weighted by molar-refractivity contribution is 5.91. The van der Waals surface area contributed by atoms with Crippen molar-refractivity contribution in [1.29, 1.82) is 0 Å². The van der Waals surface area contributed by atoms with Crippen LogP contribution in [0.4, 0.5) is 0 Å². The Morgan fingerprint density at radius 2 is 1.79 bits per heavy atom. The van der Waals surface area contributed by atoms with Crippen molar-refractivity contribution in [3.8, 4) is 28.1 Å². The molecule has 0 spiro atoms. The van der Waals surface area contributed by atoms with Crippen molar-refractivity contribution in [3.05, 3.63) is 64.7 Å². The first kappa shape index (κ1) is 18.0. The van der Waals surface area contributed by atoms with Crippen LogP contribution in [-0.4, -0.2) is 26.6 Å². The quantitative estimate of drug-likeness (QED) is 0.574. The number of nitrogens with zero attached hydrogens (tertiary/aromatic N) is 3. The molecular weight excluding hydrogens is 352 g/mol. The van der Waals surface area contributed by atoms with Crippen LogP contribution >= 0.6 is 0 Å². The Bertz CT molecular complexity index is 1190. The van der Waals surface area contributed by atoms with Crippen molar-refractivity contribution in [2.75, 3.05) is 6.61 Å². The molecule has 2 heterocycles. The predicted molar refractivity (Wildman–Crippen MR) is 111 cm³/mol. The van der Waals surface area contributed by atoms with Gasteiger partial charge in [0.25, 0.3) is 5.56 Å². The number of H-pyrrole nitrogens is 1. The molecule has 0 saturated carbocycles. The molecule has 0 aliphatic carbocycles. The lowest BCUT2D eigenvalue weighted by molar-refractivity contribution is 0.340. The molecule has 28 heavy (non-hydrogen) atoms. The van der Waals surface area contributed by atoms with Gasteiger partial charge in [0.05, 0.1) is 29.6 Å². The Balaban J connectivity index is 1.86. The van der Waals surface area contributed by atoms with E-state index in [0.717, 1.165) is 45.6 Å². The van der Waals surface area contributed by atoms with E-state index in [1.807, 2.05) is 74.2 Å². The Hall–Kier alpha value is -3.41. The Labute approximate surface area is 162 Å². The number of hydrogen-bond donors (Lipinski definition) is 1. The Morgan fingerprint density at radius 1 is 1.04 bits per heavy atom. The Morgan fingerprint density at radius 3 is 2.50 bits per heavy atom. The summed E-state index contributed by atoms with van der Waals surface area (Å²) < 4.78 is 7.41. The Kier molecular flexibility index (Phi) is 4.69. The van der Waals surface area contributed by atoms with Gasteiger partial charge in [0.15, 0.2) is 0 Å². The van der Waals surface area contributed by atoms with Crippen molar-refractivity contribution >= 4 is 10.8 Å². The molecule has 0 atom stereocenters. The molecule has 6 nitrogen and oxygen atoms in total. The zero-order chi connectivity index (χ0) is 19.7. The fourth-order valence-electron chi connectivity index (χ4n) is 3.52. The molecule has 0 unspecified atom stereocenters. The van der Waals surface area contributed by atoms with Gasteiger partial charge in [0.1, 0.15) is 5.75 Å². The summed E-state index contributed by atoms with van der Waals surface area (Å²) in [5.74, 6) is 0.846. The van der Waals surface area contributed by atoms with E-state index in [1.165, 1.54) is 0 Å². The zero-order valence-electron chi connectivity index (χ0n) is 16.2. The number of nitrogens with one attached hydrogen (secondary N) is 1. The van der Waals surface area contributed by atoms with E-state index in [0.29, 0.717) is 12.0 Å². The van der Waals surface area contributed by atoms with Crippen LogP contribution in [0.5, 0.6) is 5.75 Å². The molecule has 0 aliphatic rings. The number of aromatic nitrogens is 4. The van der Waals surface area contributed by atoms with E-state index < -0.39 is 0 Å². The van der Waals surface area contributed by atoms with Crippen molar-refractivity contribution < 1.29 is 4.74 Å². The molecule has 2 aromatic heterocycles. The van der Waals surface area contributed by atoms with Gasteiger partial charge < -0.3 is 4.74 Å². The zero-order valence-corrected chi connectivity index (χ0v) is 16.2. The standard InChI is InChI=1S/C22H22N4O2/c1-4-20-18-12-15(8-11-17(18)22(27)25-24-20)19-13-23-26(3)21(19)14-6-9-16(10-7-14)28-5-2/h6-13H,4-5H2,1-3H3,(H,25,27). The summed E-state index contributed by atoms with van der Waals surface area (Å²) in [6.45, 7) is 4.64. The minimum Gasteiger partial charge on any atom is -0.494 e. The number of aromatic amines is 1. The summed E-state index contributed by atoms with van der Waals surface area (Å²) in [4.78, 5) is 12.1. The lowest BCUT2D eigenvalue weighted by atomic mass is 9.98. The van der Waals surface area contributed by atoms with Gasteiger partial charge in [-0.2, -0.15) is 10.2 Å². The predicted octanol–water partition coefficient (Wildman–Crippen LogP) is 3.95. The molecule has 0 fully saturated rings. The first-order chi connectivity index (χ1) is 13.6. The molecule has 4 aromatic rings. The van der Waals surface area contributed by atoms with Crippen LogP contribution < -0.4 is 10.3 Å². The molecule has 0 bridgehead atoms. The van der Waals surface area contributed by atoms with Crippen LogP contribution in [0.2, 0.25) is 0 Å². The summed E-state index contributed by atoms with van der Waals surface area (Å²) in [7, 11) is 1.93. The number of rotatable bonds is 5. The lowest BCUT2D eigenvalue weighted by Crippen LogP contribution is -2.10. The number of ether oxygens (including phenoxy) is 1. The van der Waals surface area contributed by atoms with Gasteiger partial charge >= 0.3 is 0 Å². The third-order valence-electron chi connectivity index (χ3n) is 4.89. The van der Waals surface area contributed by atoms with E-state index in [2.05, 4.69) is 15.3 Å². The number of aryl methyl sites for hydroxylation is 2. The average Bonchev–Trinajstić information content (AvgIpc) is 3.10. The normalized spacial score (nSPS) is 11.1. The van der Waals surface area contributed by atoms with Crippen LogP contribution in [0, 0.1) is 0 Å². The van der Waals surface area contributed by atoms with Gasteiger partial charge in [-0.25, -0.2) is 5.10 Å². The molecule has 4 rings (SSSR count). The third kappa shape index (κ3) is 3.07. The first-order valence-electron chi connectivity index (χ1n) is 9.39. The summed E-state index contributed by atoms with van der Waals surface area (Å²) >= 11 is 0. The summed E-state index contributed by atoms with van der Waals surface area (Å²) in [6.07, 6.45) is 2.61. The fourth-order valence-corrected chi connectivity index (χ4v) is 3.52. The highest BCUT2D eigenvalue weighted by atomic mass is 16.5. The second-order valence-electron chi connectivity index (χ2n) is 6.60. The van der Waals surface area contributed by atoms with Crippen LogP contribution in [-0.2, 0) is 13.5 Å². The van der Waals surface area contributed by atoms with Crippen LogP contribution in [0.1, 0.15) is 19.5 Å². The van der Waals surface area contributed by atoms with Crippen LogP contribution in [0.15, 0.2) is 53.5 Å². The summed E-state index contributed by atoms with van der Waals surface area (Å²) in [5, 5.41) is 12.8. The molecule has 6 heteroatoms. The maximum Gasteiger partial charge on any atom is 0.272 e. The van der Waals surface area contributed by atoms with Gasteiger partial charge in [0.2, 0.25) is 0 Å². The van der Waals surface area contributed by atoms with Gasteiger partial charge in [-0.1, -0.05) is 13.0 Å². The fraction of sp³-hybridized carbons (Fsp3) is 0.227. The molecule has 0 aliphatic heterocycles. The van der Waals surface area contributed by atoms with Gasteiger partial charge in [-0.05, 0) is 55.3 Å². The maximum absolute atomic E-state index is 12.1. The molecule has 0 radical (unpaired) electrons. The highest BCUT2D eigenvalue weighted by Crippen LogP contribution is 2.34. The van der Waals surface area contributed by atoms with Crippen LogP contribution in [0.25, 0.3) is 33.2 Å². The smallest absolute Gasteiger partial charge is 0.272 e. The van der Waals surface area contributed by atoms with E-state index >= 15 is 0 Å². The van der Waals surface area contributed by atoms with Crippen LogP contribution in [0.3, 0.4) is 0 Å². The average molecular weight is 374 g/mol. The van der Waals surface area contributed by atoms with Crippen molar-refractivity contribution in [2.24, 2.45) is 7.05 Å². The lowest BCUT2D eigenvalue weighted by Gasteiger charge is -2.10. The molecular formula is C22H22N4O2. The largest absolute Gasteiger partial charge is 0.494 e. The third-order valence-corrected chi connectivity index (χ3v) is 4.89. The number of fused-ring (bicyclic) bond motifs is 1. The highest BCUT2D eigenvalue weighted by Gasteiger charge is 2.15. The molecule has 0 saturated heterocycles. The minimum absolute atomic E-state index is 0.170. The monoisotopic (exact) mass is 374 g/mol. The molecule has 0 amide bonds. The number of benzene rings is 2. The van der Waals surface area contributed by atoms with Gasteiger partial charge in [0, 0.05) is 23.6 Å². The minimum atomic E-state index is -0.170. The van der Waals surface area contributed by atoms with Crippen molar-refractivity contribution in [3.63, 3.8) is 0 Å². The van der Waals surface area contributed by atoms with E-state index in [-0.39, 0.29) is 5.56 Å². The second kappa shape index (κ2) is 7.31.